The number of benzene rings is 1. The van der Waals surface area contributed by atoms with Crippen LogP contribution in [-0.4, -0.2) is 73.0 Å². The van der Waals surface area contributed by atoms with Gasteiger partial charge in [0.1, 0.15) is 0 Å². The van der Waals surface area contributed by atoms with Crippen LogP contribution in [0.4, 0.5) is 0 Å². The molecule has 0 saturated carbocycles. The number of aromatic nitrogens is 4. The van der Waals surface area contributed by atoms with E-state index in [2.05, 4.69) is 20.8 Å². The zero-order valence-corrected chi connectivity index (χ0v) is 15.1. The molecule has 0 spiro atoms. The van der Waals surface area contributed by atoms with Gasteiger partial charge in [0, 0.05) is 25.7 Å². The maximum Gasteiger partial charge on any atom is 0.253 e. The number of amides is 2. The van der Waals surface area contributed by atoms with Crippen LogP contribution in [0, 0.1) is 0 Å². The summed E-state index contributed by atoms with van der Waals surface area (Å²) in [6.07, 6.45) is -0.302. The van der Waals surface area contributed by atoms with E-state index in [0.29, 0.717) is 23.7 Å². The van der Waals surface area contributed by atoms with Gasteiger partial charge in [-0.05, 0) is 29.0 Å². The van der Waals surface area contributed by atoms with Gasteiger partial charge in [0.05, 0.1) is 17.9 Å². The lowest BCUT2D eigenvalue weighted by Crippen LogP contribution is -2.55. The summed E-state index contributed by atoms with van der Waals surface area (Å²) in [7, 11) is 1.70. The van der Waals surface area contributed by atoms with E-state index in [1.54, 1.807) is 36.2 Å². The molecule has 0 unspecified atom stereocenters. The molecular weight excluding hydrogens is 356 g/mol. The van der Waals surface area contributed by atoms with Crippen molar-refractivity contribution in [3.05, 3.63) is 35.9 Å². The van der Waals surface area contributed by atoms with Gasteiger partial charge >= 0.3 is 0 Å². The van der Waals surface area contributed by atoms with Gasteiger partial charge in [-0.1, -0.05) is 30.0 Å². The van der Waals surface area contributed by atoms with Crippen LogP contribution in [0.25, 0.3) is 0 Å². The van der Waals surface area contributed by atoms with Crippen molar-refractivity contribution in [2.75, 3.05) is 18.8 Å². The summed E-state index contributed by atoms with van der Waals surface area (Å²) < 4.78 is 1.49. The number of carbonyl (C=O) groups excluding carboxylic acids is 2. The van der Waals surface area contributed by atoms with E-state index < -0.39 is 6.10 Å². The van der Waals surface area contributed by atoms with Crippen molar-refractivity contribution in [2.45, 2.75) is 23.7 Å². The second-order valence-corrected chi connectivity index (χ2v) is 6.96. The first-order valence-corrected chi connectivity index (χ1v) is 9.20. The first kappa shape index (κ1) is 18.3. The van der Waals surface area contributed by atoms with Gasteiger partial charge in [-0.25, -0.2) is 4.68 Å². The Balaban J connectivity index is 1.48. The highest BCUT2D eigenvalue weighted by atomic mass is 32.2. The normalized spacial score (nSPS) is 20.0. The maximum atomic E-state index is 12.4. The Morgan fingerprint density at radius 2 is 2.12 bits per heavy atom. The second-order valence-electron chi connectivity index (χ2n) is 6.02. The van der Waals surface area contributed by atoms with Crippen molar-refractivity contribution in [3.8, 4) is 0 Å². The van der Waals surface area contributed by atoms with E-state index in [4.69, 9.17) is 0 Å². The van der Waals surface area contributed by atoms with Crippen molar-refractivity contribution >= 4 is 23.6 Å². The third-order valence-electron chi connectivity index (χ3n) is 4.15. The van der Waals surface area contributed by atoms with E-state index >= 15 is 0 Å². The van der Waals surface area contributed by atoms with Crippen LogP contribution in [-0.2, 0) is 11.8 Å². The van der Waals surface area contributed by atoms with Crippen LogP contribution < -0.4 is 5.32 Å². The number of rotatable bonds is 5. The molecule has 1 aliphatic heterocycles. The number of hydrogen-bond acceptors (Lipinski definition) is 7. The third-order valence-corrected chi connectivity index (χ3v) is 5.16. The standard InChI is InChI=1S/C16H20N6O3S/c1-21-16(18-19-20-21)26-10-14(24)17-12-7-8-22(9-13(12)23)15(25)11-5-3-2-4-6-11/h2-6,12-13,23H,7-10H2,1H3,(H,17,24)/t12-,13-/m1/s1. The molecule has 1 saturated heterocycles. The quantitative estimate of drug-likeness (QED) is 0.689. The highest BCUT2D eigenvalue weighted by Gasteiger charge is 2.31. The van der Waals surface area contributed by atoms with Crippen LogP contribution in [0.3, 0.4) is 0 Å². The fraction of sp³-hybridized carbons (Fsp3) is 0.438. The minimum atomic E-state index is -0.804. The molecule has 0 bridgehead atoms. The number of tetrazole rings is 1. The number of thioether (sulfide) groups is 1. The summed E-state index contributed by atoms with van der Waals surface area (Å²) in [5.74, 6) is -0.158. The van der Waals surface area contributed by atoms with Crippen molar-refractivity contribution in [1.82, 2.24) is 30.4 Å². The lowest BCUT2D eigenvalue weighted by atomic mass is 10.0. The minimum absolute atomic E-state index is 0.111. The Morgan fingerprint density at radius 1 is 1.35 bits per heavy atom. The molecule has 2 atom stereocenters. The zero-order chi connectivity index (χ0) is 18.5. The molecule has 2 N–H and O–H groups in total. The van der Waals surface area contributed by atoms with Crippen molar-refractivity contribution in [3.63, 3.8) is 0 Å². The van der Waals surface area contributed by atoms with Crippen molar-refractivity contribution in [1.29, 1.82) is 0 Å². The third kappa shape index (κ3) is 4.38. The lowest BCUT2D eigenvalue weighted by Gasteiger charge is -2.36. The van der Waals surface area contributed by atoms with Gasteiger partial charge < -0.3 is 15.3 Å². The molecule has 3 rings (SSSR count). The fourth-order valence-electron chi connectivity index (χ4n) is 2.77. The number of aliphatic hydroxyl groups excluding tert-OH is 1. The molecule has 0 aliphatic carbocycles. The molecule has 10 heteroatoms. The topological polar surface area (TPSA) is 113 Å². The summed E-state index contributed by atoms with van der Waals surface area (Å²) in [4.78, 5) is 26.2. The highest BCUT2D eigenvalue weighted by molar-refractivity contribution is 7.99. The number of aryl methyl sites for hydroxylation is 1. The molecule has 2 heterocycles. The molecule has 26 heavy (non-hydrogen) atoms. The molecule has 138 valence electrons. The van der Waals surface area contributed by atoms with Crippen LogP contribution in [0.15, 0.2) is 35.5 Å². The van der Waals surface area contributed by atoms with Gasteiger partial charge in [-0.2, -0.15) is 0 Å². The Morgan fingerprint density at radius 3 is 2.77 bits per heavy atom. The number of nitrogens with one attached hydrogen (secondary N) is 1. The predicted molar refractivity (Wildman–Crippen MR) is 94.4 cm³/mol. The SMILES string of the molecule is Cn1nnnc1SCC(=O)N[C@@H]1CCN(C(=O)c2ccccc2)C[C@H]1O. The molecule has 2 aromatic rings. The van der Waals surface area contributed by atoms with E-state index in [0.717, 1.165) is 0 Å². The van der Waals surface area contributed by atoms with Gasteiger partial charge in [0.15, 0.2) is 0 Å². The molecule has 1 fully saturated rings. The molecule has 1 aliphatic rings. The van der Waals surface area contributed by atoms with Crippen LogP contribution in [0.5, 0.6) is 0 Å². The van der Waals surface area contributed by atoms with Gasteiger partial charge in [0.2, 0.25) is 11.1 Å². The van der Waals surface area contributed by atoms with Crippen molar-refractivity contribution < 1.29 is 14.7 Å². The van der Waals surface area contributed by atoms with E-state index in [-0.39, 0.29) is 30.2 Å². The van der Waals surface area contributed by atoms with E-state index in [1.807, 2.05) is 6.07 Å². The molecule has 9 nitrogen and oxygen atoms in total. The Labute approximate surface area is 154 Å². The largest absolute Gasteiger partial charge is 0.389 e. The molecule has 1 aromatic heterocycles. The number of piperidine rings is 1. The number of likely N-dealkylation sites (tertiary alicyclic amines) is 1. The first-order chi connectivity index (χ1) is 12.5. The number of hydrogen-bond donors (Lipinski definition) is 2. The molecule has 0 radical (unpaired) electrons. The summed E-state index contributed by atoms with van der Waals surface area (Å²) in [6.45, 7) is 0.676. The number of β-amino-alcohol motifs (C(OH)–C–C–N with tert-alkyl or cyclic N) is 1. The molecule has 2 amide bonds. The predicted octanol–water partition coefficient (Wildman–Crippen LogP) is -0.306. The summed E-state index contributed by atoms with van der Waals surface area (Å²) in [6, 6.07) is 8.59. The average molecular weight is 376 g/mol. The molecule has 1 aromatic carbocycles. The Kier molecular flexibility index (Phi) is 5.84. The van der Waals surface area contributed by atoms with Crippen molar-refractivity contribution in [2.24, 2.45) is 7.05 Å². The lowest BCUT2D eigenvalue weighted by molar-refractivity contribution is -0.120. The van der Waals surface area contributed by atoms with E-state index in [9.17, 15) is 14.7 Å². The summed E-state index contributed by atoms with van der Waals surface area (Å²) >= 11 is 1.22. The fourth-order valence-corrected chi connectivity index (χ4v) is 3.43. The monoisotopic (exact) mass is 376 g/mol. The molecular formula is C16H20N6O3S. The number of carbonyl (C=O) groups is 2. The summed E-state index contributed by atoms with van der Waals surface area (Å²) in [5, 5.41) is 24.7. The van der Waals surface area contributed by atoms with Gasteiger partial charge in [-0.15, -0.1) is 5.10 Å². The van der Waals surface area contributed by atoms with Crippen LogP contribution >= 0.6 is 11.8 Å². The zero-order valence-electron chi connectivity index (χ0n) is 14.3. The summed E-state index contributed by atoms with van der Waals surface area (Å²) in [5.41, 5.74) is 0.593. The second kappa shape index (κ2) is 8.28. The van der Waals surface area contributed by atoms with Crippen LogP contribution in [0.1, 0.15) is 16.8 Å². The number of nitrogens with zero attached hydrogens (tertiary/aromatic N) is 5. The van der Waals surface area contributed by atoms with E-state index in [1.165, 1.54) is 16.4 Å². The van der Waals surface area contributed by atoms with Gasteiger partial charge in [-0.3, -0.25) is 9.59 Å². The first-order valence-electron chi connectivity index (χ1n) is 8.21. The average Bonchev–Trinajstić information content (AvgIpc) is 3.07. The number of aliphatic hydroxyl groups is 1. The van der Waals surface area contributed by atoms with Gasteiger partial charge in [0.25, 0.3) is 5.91 Å². The maximum absolute atomic E-state index is 12.4. The van der Waals surface area contributed by atoms with Crippen LogP contribution in [0.2, 0.25) is 0 Å². The highest BCUT2D eigenvalue weighted by Crippen LogP contribution is 2.16. The Bertz CT molecular complexity index is 768. The Hall–Kier alpha value is -2.46. The minimum Gasteiger partial charge on any atom is -0.389 e. The smallest absolute Gasteiger partial charge is 0.253 e.